The summed E-state index contributed by atoms with van der Waals surface area (Å²) < 4.78 is 10.6. The molecule has 2 aromatic heterocycles. The molecule has 0 bridgehead atoms. The minimum absolute atomic E-state index is 0.174. The first-order chi connectivity index (χ1) is 7.20. The van der Waals surface area contributed by atoms with E-state index < -0.39 is 0 Å². The van der Waals surface area contributed by atoms with E-state index in [9.17, 15) is 4.79 Å². The molecule has 78 valence electrons. The zero-order valence-electron chi connectivity index (χ0n) is 7.99. The van der Waals surface area contributed by atoms with Crippen LogP contribution < -0.4 is 0 Å². The maximum Gasteiger partial charge on any atom is 0.310 e. The van der Waals surface area contributed by atoms with Gasteiger partial charge in [-0.3, -0.25) is 4.79 Å². The third kappa shape index (κ3) is 2.02. The number of hydrogen-bond acceptors (Lipinski definition) is 4. The Labute approximate surface area is 94.4 Å². The van der Waals surface area contributed by atoms with E-state index in [1.165, 1.54) is 13.4 Å². The number of hydrogen-bond donors (Lipinski definition) is 0. The smallest absolute Gasteiger partial charge is 0.310 e. The van der Waals surface area contributed by atoms with E-state index in [0.29, 0.717) is 15.7 Å². The topological polar surface area (TPSA) is 52.3 Å². The van der Waals surface area contributed by atoms with Crippen molar-refractivity contribution in [1.82, 2.24) is 4.98 Å². The van der Waals surface area contributed by atoms with Crippen LogP contribution in [0.25, 0.3) is 11.1 Å². The van der Waals surface area contributed by atoms with Gasteiger partial charge >= 0.3 is 5.97 Å². The van der Waals surface area contributed by atoms with E-state index >= 15 is 0 Å². The Morgan fingerprint density at radius 3 is 3.13 bits per heavy atom. The first-order valence-electron chi connectivity index (χ1n) is 4.30. The van der Waals surface area contributed by atoms with Crippen molar-refractivity contribution in [2.24, 2.45) is 0 Å². The molecule has 2 rings (SSSR count). The molecule has 0 aromatic carbocycles. The molecule has 0 N–H and O–H groups in total. The summed E-state index contributed by atoms with van der Waals surface area (Å²) in [6, 6.07) is 3.58. The molecule has 0 fully saturated rings. The van der Waals surface area contributed by atoms with Crippen LogP contribution in [0.1, 0.15) is 5.56 Å². The molecule has 15 heavy (non-hydrogen) atoms. The third-order valence-electron chi connectivity index (χ3n) is 2.02. The van der Waals surface area contributed by atoms with Gasteiger partial charge in [-0.2, -0.15) is 0 Å². The zero-order chi connectivity index (χ0) is 10.8. The number of furan rings is 1. The average Bonchev–Trinajstić information content (AvgIpc) is 2.61. The number of halogens is 1. The number of aromatic nitrogens is 1. The molecule has 0 atom stereocenters. The van der Waals surface area contributed by atoms with Crippen LogP contribution in [0.4, 0.5) is 0 Å². The number of nitrogens with zero attached hydrogens (tertiary/aromatic N) is 1. The lowest BCUT2D eigenvalue weighted by Gasteiger charge is -1.96. The predicted molar refractivity (Wildman–Crippen MR) is 57.4 cm³/mol. The van der Waals surface area contributed by atoms with Gasteiger partial charge in [0.1, 0.15) is 10.1 Å². The van der Waals surface area contributed by atoms with Crippen molar-refractivity contribution in [1.29, 1.82) is 0 Å². The highest BCUT2D eigenvalue weighted by atomic mass is 79.9. The van der Waals surface area contributed by atoms with Crippen molar-refractivity contribution in [3.05, 3.63) is 28.6 Å². The molecule has 0 aliphatic rings. The van der Waals surface area contributed by atoms with Gasteiger partial charge < -0.3 is 9.15 Å². The fraction of sp³-hybridized carbons (Fsp3) is 0.200. The second-order valence-corrected chi connectivity index (χ2v) is 3.81. The molecule has 0 spiro atoms. The number of ether oxygens (including phenoxy) is 1. The van der Waals surface area contributed by atoms with Crippen LogP contribution in [-0.4, -0.2) is 18.1 Å². The largest absolute Gasteiger partial charge is 0.469 e. The highest BCUT2D eigenvalue weighted by Gasteiger charge is 2.11. The van der Waals surface area contributed by atoms with Crippen molar-refractivity contribution in [3.63, 3.8) is 0 Å². The number of fused-ring (bicyclic) bond motifs is 1. The fourth-order valence-corrected chi connectivity index (χ4v) is 1.60. The number of rotatable bonds is 2. The molecule has 0 saturated carbocycles. The van der Waals surface area contributed by atoms with Gasteiger partial charge in [0.05, 0.1) is 19.8 Å². The summed E-state index contributed by atoms with van der Waals surface area (Å²) in [6.07, 6.45) is 1.70. The monoisotopic (exact) mass is 269 g/mol. The van der Waals surface area contributed by atoms with Crippen LogP contribution in [-0.2, 0) is 16.0 Å². The maximum atomic E-state index is 11.1. The van der Waals surface area contributed by atoms with Crippen LogP contribution in [0.2, 0.25) is 0 Å². The summed E-state index contributed by atoms with van der Waals surface area (Å²) in [4.78, 5) is 15.3. The first kappa shape index (κ1) is 10.2. The molecule has 0 aliphatic carbocycles. The van der Waals surface area contributed by atoms with Crippen molar-refractivity contribution in [3.8, 4) is 0 Å². The van der Waals surface area contributed by atoms with Crippen molar-refractivity contribution >= 4 is 33.0 Å². The van der Waals surface area contributed by atoms with E-state index in [-0.39, 0.29) is 12.4 Å². The Morgan fingerprint density at radius 1 is 1.60 bits per heavy atom. The molecule has 0 aliphatic heterocycles. The summed E-state index contributed by atoms with van der Waals surface area (Å²) in [5.74, 6) is -0.306. The number of carbonyl (C=O) groups is 1. The second-order valence-electron chi connectivity index (χ2n) is 2.99. The number of carbonyl (C=O) groups excluding carboxylic acids is 1. The SMILES string of the molecule is COC(=O)Cc1coc2ccc(Br)nc12. The summed E-state index contributed by atoms with van der Waals surface area (Å²) in [5, 5.41) is 0. The van der Waals surface area contributed by atoms with Crippen LogP contribution in [0, 0.1) is 0 Å². The molecular formula is C10H8BrNO3. The quantitative estimate of drug-likeness (QED) is 0.620. The van der Waals surface area contributed by atoms with E-state index in [4.69, 9.17) is 4.42 Å². The van der Waals surface area contributed by atoms with Crippen LogP contribution in [0.5, 0.6) is 0 Å². The highest BCUT2D eigenvalue weighted by molar-refractivity contribution is 9.10. The predicted octanol–water partition coefficient (Wildman–Crippen LogP) is 2.31. The summed E-state index contributed by atoms with van der Waals surface area (Å²) >= 11 is 3.27. The Morgan fingerprint density at radius 2 is 2.40 bits per heavy atom. The molecule has 2 aromatic rings. The standard InChI is InChI=1S/C10H8BrNO3/c1-14-9(13)4-6-5-15-7-2-3-8(11)12-10(6)7/h2-3,5H,4H2,1H3. The third-order valence-corrected chi connectivity index (χ3v) is 2.46. The summed E-state index contributed by atoms with van der Waals surface area (Å²) in [6.45, 7) is 0. The normalized spacial score (nSPS) is 10.5. The molecule has 0 amide bonds. The van der Waals surface area contributed by atoms with Gasteiger partial charge in [0.15, 0.2) is 5.58 Å². The van der Waals surface area contributed by atoms with E-state index in [1.54, 1.807) is 12.1 Å². The molecular weight excluding hydrogens is 262 g/mol. The lowest BCUT2D eigenvalue weighted by Crippen LogP contribution is -2.03. The van der Waals surface area contributed by atoms with Crippen molar-refractivity contribution in [2.45, 2.75) is 6.42 Å². The Bertz CT molecular complexity index is 506. The second kappa shape index (κ2) is 4.02. The Kier molecular flexibility index (Phi) is 2.73. The zero-order valence-corrected chi connectivity index (χ0v) is 9.58. The van der Waals surface area contributed by atoms with Crippen LogP contribution in [0.3, 0.4) is 0 Å². The molecule has 0 saturated heterocycles. The maximum absolute atomic E-state index is 11.1. The first-order valence-corrected chi connectivity index (χ1v) is 5.09. The Hall–Kier alpha value is -1.36. The van der Waals surface area contributed by atoms with E-state index in [0.717, 1.165) is 5.56 Å². The van der Waals surface area contributed by atoms with Crippen molar-refractivity contribution < 1.29 is 13.9 Å². The van der Waals surface area contributed by atoms with Gasteiger partial charge in [-0.1, -0.05) is 0 Å². The lowest BCUT2D eigenvalue weighted by atomic mass is 10.2. The number of esters is 1. The minimum atomic E-state index is -0.306. The van der Waals surface area contributed by atoms with Gasteiger partial charge in [-0.05, 0) is 28.1 Å². The van der Waals surface area contributed by atoms with Gasteiger partial charge in [-0.25, -0.2) is 4.98 Å². The lowest BCUT2D eigenvalue weighted by molar-refractivity contribution is -0.139. The molecule has 0 unspecified atom stereocenters. The molecule has 4 nitrogen and oxygen atoms in total. The highest BCUT2D eigenvalue weighted by Crippen LogP contribution is 2.21. The van der Waals surface area contributed by atoms with Gasteiger partial charge in [0, 0.05) is 5.56 Å². The van der Waals surface area contributed by atoms with E-state index in [1.807, 2.05) is 0 Å². The molecule has 5 heteroatoms. The van der Waals surface area contributed by atoms with Crippen LogP contribution >= 0.6 is 15.9 Å². The number of pyridine rings is 1. The number of methoxy groups -OCH3 is 1. The molecule has 0 radical (unpaired) electrons. The minimum Gasteiger partial charge on any atom is -0.469 e. The van der Waals surface area contributed by atoms with E-state index in [2.05, 4.69) is 25.7 Å². The Balaban J connectivity index is 2.43. The fourth-order valence-electron chi connectivity index (χ4n) is 1.29. The van der Waals surface area contributed by atoms with Crippen LogP contribution in [0.15, 0.2) is 27.4 Å². The average molecular weight is 270 g/mol. The van der Waals surface area contributed by atoms with Gasteiger partial charge in [0.25, 0.3) is 0 Å². The summed E-state index contributed by atoms with van der Waals surface area (Å²) in [7, 11) is 1.36. The van der Waals surface area contributed by atoms with Gasteiger partial charge in [0.2, 0.25) is 0 Å². The summed E-state index contributed by atoms with van der Waals surface area (Å²) in [5.41, 5.74) is 2.09. The van der Waals surface area contributed by atoms with Crippen molar-refractivity contribution in [2.75, 3.05) is 7.11 Å². The van der Waals surface area contributed by atoms with Gasteiger partial charge in [-0.15, -0.1) is 0 Å². The molecule has 2 heterocycles.